The zero-order valence-corrected chi connectivity index (χ0v) is 9.73. The van der Waals surface area contributed by atoms with Crippen molar-refractivity contribution in [2.45, 2.75) is 32.2 Å². The molecule has 0 fully saturated rings. The molecule has 0 aliphatic carbocycles. The lowest BCUT2D eigenvalue weighted by atomic mass is 10.1. The van der Waals surface area contributed by atoms with Crippen molar-refractivity contribution < 1.29 is 4.39 Å². The van der Waals surface area contributed by atoms with Crippen LogP contribution in [-0.4, -0.2) is 14.8 Å². The van der Waals surface area contributed by atoms with E-state index in [4.69, 9.17) is 0 Å². The summed E-state index contributed by atoms with van der Waals surface area (Å²) in [6.45, 7) is 2.14. The maximum Gasteiger partial charge on any atom is 0.167 e. The van der Waals surface area contributed by atoms with E-state index < -0.39 is 0 Å². The molecule has 1 aliphatic heterocycles. The van der Waals surface area contributed by atoms with Crippen LogP contribution in [0.5, 0.6) is 0 Å². The van der Waals surface area contributed by atoms with E-state index in [0.717, 1.165) is 25.1 Å². The van der Waals surface area contributed by atoms with Gasteiger partial charge in [-0.1, -0.05) is 12.1 Å². The Balaban J connectivity index is 2.17. The molecule has 17 heavy (non-hydrogen) atoms. The Morgan fingerprint density at radius 2 is 2.12 bits per heavy atom. The number of fused-ring (bicyclic) bond motifs is 1. The number of benzene rings is 1. The van der Waals surface area contributed by atoms with Crippen molar-refractivity contribution in [1.82, 2.24) is 14.8 Å². The third kappa shape index (κ3) is 1.64. The van der Waals surface area contributed by atoms with Gasteiger partial charge in [0.15, 0.2) is 5.82 Å². The SMILES string of the molecule is CC1CCCc2nnc(-c3ccccc3F)n21. The molecule has 2 aromatic rings. The third-order valence-corrected chi connectivity index (χ3v) is 3.34. The second-order valence-electron chi connectivity index (χ2n) is 4.53. The zero-order valence-electron chi connectivity index (χ0n) is 9.73. The molecule has 0 radical (unpaired) electrons. The molecule has 3 rings (SSSR count). The first kappa shape index (κ1) is 10.4. The van der Waals surface area contributed by atoms with Gasteiger partial charge in [-0.25, -0.2) is 4.39 Å². The number of nitrogens with zero attached hydrogens (tertiary/aromatic N) is 3. The van der Waals surface area contributed by atoms with Crippen LogP contribution >= 0.6 is 0 Å². The highest BCUT2D eigenvalue weighted by Crippen LogP contribution is 2.30. The predicted molar refractivity (Wildman–Crippen MR) is 63.1 cm³/mol. The number of halogens is 1. The van der Waals surface area contributed by atoms with E-state index in [9.17, 15) is 4.39 Å². The Morgan fingerprint density at radius 3 is 2.94 bits per heavy atom. The maximum atomic E-state index is 13.8. The first-order valence-corrected chi connectivity index (χ1v) is 5.96. The summed E-state index contributed by atoms with van der Waals surface area (Å²) >= 11 is 0. The lowest BCUT2D eigenvalue weighted by Gasteiger charge is -2.22. The van der Waals surface area contributed by atoms with Crippen molar-refractivity contribution >= 4 is 0 Å². The third-order valence-electron chi connectivity index (χ3n) is 3.34. The van der Waals surface area contributed by atoms with E-state index in [0.29, 0.717) is 17.4 Å². The van der Waals surface area contributed by atoms with Gasteiger partial charge in [0.25, 0.3) is 0 Å². The first-order valence-electron chi connectivity index (χ1n) is 5.96. The van der Waals surface area contributed by atoms with Gasteiger partial charge in [0.2, 0.25) is 0 Å². The topological polar surface area (TPSA) is 30.7 Å². The largest absolute Gasteiger partial charge is 0.308 e. The Hall–Kier alpha value is -1.71. The number of rotatable bonds is 1. The van der Waals surface area contributed by atoms with Gasteiger partial charge in [-0.2, -0.15) is 0 Å². The molecule has 88 valence electrons. The minimum absolute atomic E-state index is 0.236. The van der Waals surface area contributed by atoms with E-state index in [1.807, 2.05) is 6.07 Å². The lowest BCUT2D eigenvalue weighted by Crippen LogP contribution is -2.16. The number of hydrogen-bond donors (Lipinski definition) is 0. The second-order valence-corrected chi connectivity index (χ2v) is 4.53. The van der Waals surface area contributed by atoms with E-state index >= 15 is 0 Å². The maximum absolute atomic E-state index is 13.8. The van der Waals surface area contributed by atoms with Crippen LogP contribution in [0.25, 0.3) is 11.4 Å². The molecule has 4 heteroatoms. The molecule has 0 amide bonds. The van der Waals surface area contributed by atoms with Gasteiger partial charge in [0.05, 0.1) is 5.56 Å². The quantitative estimate of drug-likeness (QED) is 0.755. The minimum Gasteiger partial charge on any atom is -0.308 e. The molecule has 1 atom stereocenters. The fraction of sp³-hybridized carbons (Fsp3) is 0.385. The molecule has 0 bridgehead atoms. The van der Waals surface area contributed by atoms with Crippen molar-refractivity contribution in [2.24, 2.45) is 0 Å². The molecule has 1 unspecified atom stereocenters. The van der Waals surface area contributed by atoms with Gasteiger partial charge in [0.1, 0.15) is 11.6 Å². The van der Waals surface area contributed by atoms with E-state index in [2.05, 4.69) is 21.7 Å². The van der Waals surface area contributed by atoms with Crippen molar-refractivity contribution in [3.05, 3.63) is 35.9 Å². The van der Waals surface area contributed by atoms with Crippen LogP contribution in [0.2, 0.25) is 0 Å². The number of aromatic nitrogens is 3. The highest BCUT2D eigenvalue weighted by molar-refractivity contribution is 5.56. The Morgan fingerprint density at radius 1 is 1.29 bits per heavy atom. The summed E-state index contributed by atoms with van der Waals surface area (Å²) in [5.74, 6) is 1.40. The molecular formula is C13H14FN3. The van der Waals surface area contributed by atoms with E-state index in [-0.39, 0.29) is 5.82 Å². The zero-order chi connectivity index (χ0) is 11.8. The van der Waals surface area contributed by atoms with Crippen LogP contribution in [0.4, 0.5) is 4.39 Å². The molecule has 3 nitrogen and oxygen atoms in total. The summed E-state index contributed by atoms with van der Waals surface area (Å²) in [6.07, 6.45) is 3.18. The molecule has 1 aromatic heterocycles. The van der Waals surface area contributed by atoms with Crippen molar-refractivity contribution in [2.75, 3.05) is 0 Å². The first-order chi connectivity index (χ1) is 8.27. The second kappa shape index (κ2) is 3.95. The van der Waals surface area contributed by atoms with Crippen LogP contribution in [0.3, 0.4) is 0 Å². The van der Waals surface area contributed by atoms with Gasteiger partial charge in [-0.05, 0) is 31.9 Å². The molecule has 2 heterocycles. The molecule has 0 spiro atoms. The molecule has 0 saturated carbocycles. The van der Waals surface area contributed by atoms with Crippen LogP contribution in [0.15, 0.2) is 24.3 Å². The predicted octanol–water partition coefficient (Wildman–Crippen LogP) is 2.98. The molecule has 0 N–H and O–H groups in total. The number of aryl methyl sites for hydroxylation is 1. The summed E-state index contributed by atoms with van der Waals surface area (Å²) in [5, 5.41) is 8.32. The Kier molecular flexibility index (Phi) is 2.42. The van der Waals surface area contributed by atoms with Gasteiger partial charge in [-0.3, -0.25) is 0 Å². The summed E-state index contributed by atoms with van der Waals surface area (Å²) in [4.78, 5) is 0. The van der Waals surface area contributed by atoms with Crippen LogP contribution in [0.1, 0.15) is 31.6 Å². The van der Waals surface area contributed by atoms with Crippen LogP contribution in [0, 0.1) is 5.82 Å². The van der Waals surface area contributed by atoms with Crippen molar-refractivity contribution in [3.63, 3.8) is 0 Å². The van der Waals surface area contributed by atoms with Crippen LogP contribution < -0.4 is 0 Å². The normalized spacial score (nSPS) is 19.1. The average Bonchev–Trinajstić information content (AvgIpc) is 2.75. The highest BCUT2D eigenvalue weighted by atomic mass is 19.1. The van der Waals surface area contributed by atoms with Crippen LogP contribution in [-0.2, 0) is 6.42 Å². The molecule has 0 saturated heterocycles. The summed E-state index contributed by atoms with van der Waals surface area (Å²) in [5.41, 5.74) is 0.542. The number of hydrogen-bond acceptors (Lipinski definition) is 2. The van der Waals surface area contributed by atoms with E-state index in [1.165, 1.54) is 6.07 Å². The monoisotopic (exact) mass is 231 g/mol. The fourth-order valence-corrected chi connectivity index (χ4v) is 2.47. The average molecular weight is 231 g/mol. The van der Waals surface area contributed by atoms with Crippen molar-refractivity contribution in [1.29, 1.82) is 0 Å². The molecule has 1 aliphatic rings. The highest BCUT2D eigenvalue weighted by Gasteiger charge is 2.23. The lowest BCUT2D eigenvalue weighted by molar-refractivity contribution is 0.428. The molecular weight excluding hydrogens is 217 g/mol. The van der Waals surface area contributed by atoms with Crippen molar-refractivity contribution in [3.8, 4) is 11.4 Å². The van der Waals surface area contributed by atoms with E-state index in [1.54, 1.807) is 12.1 Å². The fourth-order valence-electron chi connectivity index (χ4n) is 2.47. The standard InChI is InChI=1S/C13H14FN3/c1-9-5-4-8-12-15-16-13(17(9)12)10-6-2-3-7-11(10)14/h2-3,6-7,9H,4-5,8H2,1H3. The Labute approximate surface area is 99.3 Å². The van der Waals surface area contributed by atoms with Gasteiger partial charge in [0, 0.05) is 12.5 Å². The van der Waals surface area contributed by atoms with Gasteiger partial charge >= 0.3 is 0 Å². The summed E-state index contributed by atoms with van der Waals surface area (Å²) in [6, 6.07) is 7.09. The summed E-state index contributed by atoms with van der Waals surface area (Å²) < 4.78 is 15.8. The Bertz CT molecular complexity index is 547. The minimum atomic E-state index is -0.236. The summed E-state index contributed by atoms with van der Waals surface area (Å²) in [7, 11) is 0. The van der Waals surface area contributed by atoms with Gasteiger partial charge < -0.3 is 4.57 Å². The van der Waals surface area contributed by atoms with Gasteiger partial charge in [-0.15, -0.1) is 10.2 Å². The smallest absolute Gasteiger partial charge is 0.167 e. The molecule has 1 aromatic carbocycles.